The van der Waals surface area contributed by atoms with Gasteiger partial charge in [-0.3, -0.25) is 14.9 Å². The molecular formula is C13H15FN2O5S. The Balaban J connectivity index is 2.92. The lowest BCUT2D eigenvalue weighted by atomic mass is 10.1. The largest absolute Gasteiger partial charge is 0.467 e. The number of nitrogens with zero attached hydrogens (tertiary/aromatic N) is 1. The van der Waals surface area contributed by atoms with E-state index in [1.165, 1.54) is 18.9 Å². The molecule has 0 heterocycles. The Hall–Kier alpha value is -2.16. The Bertz CT molecular complexity index is 582. The van der Waals surface area contributed by atoms with Crippen LogP contribution >= 0.6 is 11.8 Å². The number of benzene rings is 1. The summed E-state index contributed by atoms with van der Waals surface area (Å²) in [6, 6.07) is 1.91. The minimum Gasteiger partial charge on any atom is -0.467 e. The van der Waals surface area contributed by atoms with Gasteiger partial charge in [0, 0.05) is 11.6 Å². The first-order valence-corrected chi connectivity index (χ1v) is 7.61. The van der Waals surface area contributed by atoms with Crippen LogP contribution in [0, 0.1) is 15.9 Å². The van der Waals surface area contributed by atoms with Crippen LogP contribution in [-0.2, 0) is 9.53 Å². The molecule has 0 bridgehead atoms. The third-order valence-corrected chi connectivity index (χ3v) is 3.45. The summed E-state index contributed by atoms with van der Waals surface area (Å²) in [7, 11) is 1.20. The summed E-state index contributed by atoms with van der Waals surface area (Å²) in [4.78, 5) is 33.4. The molecule has 1 aromatic carbocycles. The van der Waals surface area contributed by atoms with Crippen LogP contribution in [0.3, 0.4) is 0 Å². The Kier molecular flexibility index (Phi) is 6.77. The van der Waals surface area contributed by atoms with E-state index in [2.05, 4.69) is 10.1 Å². The second-order valence-corrected chi connectivity index (χ2v) is 5.24. The standard InChI is InChI=1S/C13H15FN2O5S/c1-21-13(18)10(5-6-22-2)15-12(17)8-3-4-9(14)11(7-8)16(19)20/h3-4,7,10H,5-6H2,1-2H3,(H,15,17)/t10-/m1/s1. The fourth-order valence-corrected chi connectivity index (χ4v) is 2.13. The molecule has 0 saturated heterocycles. The molecule has 0 spiro atoms. The van der Waals surface area contributed by atoms with Crippen molar-refractivity contribution in [2.24, 2.45) is 0 Å². The number of hydrogen-bond donors (Lipinski definition) is 1. The number of hydrogen-bond acceptors (Lipinski definition) is 6. The molecular weight excluding hydrogens is 315 g/mol. The third-order valence-electron chi connectivity index (χ3n) is 2.81. The Morgan fingerprint density at radius 3 is 2.73 bits per heavy atom. The van der Waals surface area contributed by atoms with Crippen molar-refractivity contribution in [2.75, 3.05) is 19.1 Å². The fourth-order valence-electron chi connectivity index (χ4n) is 1.66. The molecule has 1 amide bonds. The lowest BCUT2D eigenvalue weighted by molar-refractivity contribution is -0.387. The van der Waals surface area contributed by atoms with Crippen molar-refractivity contribution in [3.63, 3.8) is 0 Å². The number of amides is 1. The molecule has 0 aliphatic rings. The number of nitrogens with one attached hydrogen (secondary N) is 1. The molecule has 1 aromatic rings. The van der Waals surface area contributed by atoms with E-state index in [9.17, 15) is 24.1 Å². The molecule has 0 unspecified atom stereocenters. The van der Waals surface area contributed by atoms with Gasteiger partial charge in [0.05, 0.1) is 12.0 Å². The highest BCUT2D eigenvalue weighted by molar-refractivity contribution is 7.98. The van der Waals surface area contributed by atoms with Crippen molar-refractivity contribution in [2.45, 2.75) is 12.5 Å². The number of methoxy groups -OCH3 is 1. The van der Waals surface area contributed by atoms with E-state index in [1.807, 2.05) is 6.26 Å². The van der Waals surface area contributed by atoms with Crippen LogP contribution in [-0.4, -0.2) is 42.0 Å². The average molecular weight is 330 g/mol. The van der Waals surface area contributed by atoms with E-state index in [0.29, 0.717) is 12.2 Å². The predicted octanol–water partition coefficient (Wildman–Crippen LogP) is 1.76. The summed E-state index contributed by atoms with van der Waals surface area (Å²) in [6.07, 6.45) is 2.20. The molecule has 1 rings (SSSR count). The van der Waals surface area contributed by atoms with Gasteiger partial charge in [-0.2, -0.15) is 16.2 Å². The van der Waals surface area contributed by atoms with Crippen molar-refractivity contribution < 1.29 is 23.6 Å². The quantitative estimate of drug-likeness (QED) is 0.465. The maximum absolute atomic E-state index is 13.2. The highest BCUT2D eigenvalue weighted by atomic mass is 32.2. The smallest absolute Gasteiger partial charge is 0.328 e. The first-order valence-electron chi connectivity index (χ1n) is 6.22. The van der Waals surface area contributed by atoms with E-state index >= 15 is 0 Å². The Morgan fingerprint density at radius 1 is 1.50 bits per heavy atom. The van der Waals surface area contributed by atoms with Gasteiger partial charge in [0.15, 0.2) is 0 Å². The first-order chi connectivity index (χ1) is 10.4. The van der Waals surface area contributed by atoms with Crippen molar-refractivity contribution in [1.82, 2.24) is 5.32 Å². The lowest BCUT2D eigenvalue weighted by Gasteiger charge is -2.16. The van der Waals surface area contributed by atoms with Crippen LogP contribution in [0.1, 0.15) is 16.8 Å². The second-order valence-electron chi connectivity index (χ2n) is 4.25. The van der Waals surface area contributed by atoms with Gasteiger partial charge < -0.3 is 10.1 Å². The second kappa shape index (κ2) is 8.32. The molecule has 0 fully saturated rings. The fraction of sp³-hybridized carbons (Fsp3) is 0.385. The highest BCUT2D eigenvalue weighted by Gasteiger charge is 2.23. The molecule has 0 aliphatic carbocycles. The van der Waals surface area contributed by atoms with Gasteiger partial charge in [-0.15, -0.1) is 0 Å². The number of halogens is 1. The summed E-state index contributed by atoms with van der Waals surface area (Å²) in [6.45, 7) is 0. The van der Waals surface area contributed by atoms with E-state index in [0.717, 1.165) is 18.2 Å². The average Bonchev–Trinajstić information content (AvgIpc) is 2.50. The lowest BCUT2D eigenvalue weighted by Crippen LogP contribution is -2.42. The van der Waals surface area contributed by atoms with E-state index in [-0.39, 0.29) is 5.56 Å². The van der Waals surface area contributed by atoms with Crippen LogP contribution in [0.4, 0.5) is 10.1 Å². The highest BCUT2D eigenvalue weighted by Crippen LogP contribution is 2.18. The minimum atomic E-state index is -1.03. The van der Waals surface area contributed by atoms with Gasteiger partial charge in [-0.05, 0) is 30.6 Å². The SMILES string of the molecule is COC(=O)[C@@H](CCSC)NC(=O)c1ccc(F)c([N+](=O)[O-])c1. The molecule has 1 N–H and O–H groups in total. The van der Waals surface area contributed by atoms with Gasteiger partial charge in [-0.1, -0.05) is 0 Å². The monoisotopic (exact) mass is 330 g/mol. The number of esters is 1. The van der Waals surface area contributed by atoms with Crippen molar-refractivity contribution in [1.29, 1.82) is 0 Å². The molecule has 0 saturated carbocycles. The van der Waals surface area contributed by atoms with Gasteiger partial charge in [0.2, 0.25) is 5.82 Å². The van der Waals surface area contributed by atoms with Gasteiger partial charge in [0.25, 0.3) is 5.91 Å². The van der Waals surface area contributed by atoms with Crippen molar-refractivity contribution in [3.05, 3.63) is 39.7 Å². The van der Waals surface area contributed by atoms with Crippen LogP contribution in [0.2, 0.25) is 0 Å². The third kappa shape index (κ3) is 4.69. The van der Waals surface area contributed by atoms with E-state index < -0.39 is 34.3 Å². The number of nitro benzene ring substituents is 1. The summed E-state index contributed by atoms with van der Waals surface area (Å²) in [5.74, 6) is -1.74. The van der Waals surface area contributed by atoms with E-state index in [4.69, 9.17) is 0 Å². The number of carbonyl (C=O) groups is 2. The zero-order chi connectivity index (χ0) is 16.7. The summed E-state index contributed by atoms with van der Waals surface area (Å²) in [5.41, 5.74) is -0.905. The van der Waals surface area contributed by atoms with Crippen LogP contribution in [0.25, 0.3) is 0 Å². The number of thioether (sulfide) groups is 1. The number of nitro groups is 1. The number of ether oxygens (including phenoxy) is 1. The normalized spacial score (nSPS) is 11.6. The van der Waals surface area contributed by atoms with Crippen LogP contribution in [0.15, 0.2) is 18.2 Å². The molecule has 1 atom stereocenters. The minimum absolute atomic E-state index is 0.105. The van der Waals surface area contributed by atoms with Crippen LogP contribution < -0.4 is 5.32 Å². The van der Waals surface area contributed by atoms with Crippen molar-refractivity contribution >= 4 is 29.3 Å². The molecule has 0 aliphatic heterocycles. The zero-order valence-corrected chi connectivity index (χ0v) is 12.8. The summed E-state index contributed by atoms with van der Waals surface area (Å²) >= 11 is 1.49. The predicted molar refractivity (Wildman–Crippen MR) is 79.3 cm³/mol. The van der Waals surface area contributed by atoms with Gasteiger partial charge in [-0.25, -0.2) is 4.79 Å². The van der Waals surface area contributed by atoms with E-state index in [1.54, 1.807) is 0 Å². The summed E-state index contributed by atoms with van der Waals surface area (Å²) in [5, 5.41) is 13.1. The van der Waals surface area contributed by atoms with Crippen LogP contribution in [0.5, 0.6) is 0 Å². The van der Waals surface area contributed by atoms with Gasteiger partial charge in [0.1, 0.15) is 6.04 Å². The molecule has 9 heteroatoms. The maximum atomic E-state index is 13.2. The summed E-state index contributed by atoms with van der Waals surface area (Å²) < 4.78 is 17.8. The zero-order valence-electron chi connectivity index (χ0n) is 12.0. The molecule has 120 valence electrons. The Labute approximate surface area is 130 Å². The number of carbonyl (C=O) groups excluding carboxylic acids is 2. The molecule has 22 heavy (non-hydrogen) atoms. The van der Waals surface area contributed by atoms with Crippen molar-refractivity contribution in [3.8, 4) is 0 Å². The molecule has 0 aromatic heterocycles. The van der Waals surface area contributed by atoms with Gasteiger partial charge >= 0.3 is 11.7 Å². The number of rotatable bonds is 7. The first kappa shape index (κ1) is 17.9. The molecule has 7 nitrogen and oxygen atoms in total. The Morgan fingerprint density at radius 2 is 2.18 bits per heavy atom. The molecule has 0 radical (unpaired) electrons. The topological polar surface area (TPSA) is 98.5 Å². The maximum Gasteiger partial charge on any atom is 0.328 e.